The monoisotopic (exact) mass is 508 g/mol. The predicted molar refractivity (Wildman–Crippen MR) is 158 cm³/mol. The van der Waals surface area contributed by atoms with Gasteiger partial charge in [0, 0.05) is 23.2 Å². The number of hydrogen-bond acceptors (Lipinski definition) is 2. The maximum Gasteiger partial charge on any atom is 0.0772 e. The molecule has 0 saturated carbocycles. The first-order valence-electron chi connectivity index (χ1n) is 13.6. The number of rotatable bonds is 6. The molecule has 0 aromatic rings. The standard InChI is InChI=1S/C28H54N2P2Si/c1-26(2,3)32(27(4,5)6)20-21-18-22(33(7,8)9)19-23(21)28(31,24-14-10-12-16-29-24)25-15-11-13-17-30-25/h18-19,21,24-25,29-30H,10-17,20,31H2,1-9H3. The van der Waals surface area contributed by atoms with Crippen molar-refractivity contribution < 1.29 is 0 Å². The average molecular weight is 509 g/mol. The van der Waals surface area contributed by atoms with Gasteiger partial charge in [-0.2, -0.15) is 0 Å². The van der Waals surface area contributed by atoms with E-state index in [2.05, 4.69) is 93.2 Å². The zero-order chi connectivity index (χ0) is 24.7. The fraction of sp³-hybridized carbons (Fsp3) is 0.857. The van der Waals surface area contributed by atoms with E-state index in [1.165, 1.54) is 57.8 Å². The van der Waals surface area contributed by atoms with Crippen molar-refractivity contribution in [1.82, 2.24) is 10.6 Å². The fourth-order valence-corrected chi connectivity index (χ4v) is 12.6. The van der Waals surface area contributed by atoms with Crippen molar-refractivity contribution in [3.05, 3.63) is 22.9 Å². The summed E-state index contributed by atoms with van der Waals surface area (Å²) in [5, 5.41) is 10.6. The van der Waals surface area contributed by atoms with Crippen LogP contribution in [0.5, 0.6) is 0 Å². The van der Waals surface area contributed by atoms with Crippen molar-refractivity contribution in [3.8, 4) is 0 Å². The summed E-state index contributed by atoms with van der Waals surface area (Å²) in [5.74, 6) is 0.584. The van der Waals surface area contributed by atoms with Gasteiger partial charge in [-0.15, -0.1) is 9.24 Å². The number of nitrogens with one attached hydrogen (secondary N) is 2. The molecule has 4 unspecified atom stereocenters. The third-order valence-electron chi connectivity index (χ3n) is 8.23. The number of allylic oxidation sites excluding steroid dienone is 3. The summed E-state index contributed by atoms with van der Waals surface area (Å²) in [7, 11) is 1.97. The van der Waals surface area contributed by atoms with Crippen LogP contribution in [0.4, 0.5) is 0 Å². The minimum Gasteiger partial charge on any atom is -0.313 e. The molecule has 0 radical (unpaired) electrons. The molecule has 2 heterocycles. The van der Waals surface area contributed by atoms with Crippen LogP contribution in [0.3, 0.4) is 0 Å². The second-order valence-electron chi connectivity index (χ2n) is 14.0. The highest BCUT2D eigenvalue weighted by atomic mass is 31.1. The summed E-state index contributed by atoms with van der Waals surface area (Å²) in [4.78, 5) is 0. The van der Waals surface area contributed by atoms with E-state index in [0.29, 0.717) is 28.3 Å². The van der Waals surface area contributed by atoms with Crippen LogP contribution in [0.1, 0.15) is 80.1 Å². The van der Waals surface area contributed by atoms with Gasteiger partial charge in [-0.05, 0) is 55.2 Å². The lowest BCUT2D eigenvalue weighted by Gasteiger charge is -2.51. The maximum atomic E-state index is 4.01. The topological polar surface area (TPSA) is 24.1 Å². The van der Waals surface area contributed by atoms with Crippen LogP contribution in [-0.4, -0.2) is 54.9 Å². The smallest absolute Gasteiger partial charge is 0.0772 e. The molecule has 0 spiro atoms. The van der Waals surface area contributed by atoms with Crippen molar-refractivity contribution in [3.63, 3.8) is 0 Å². The lowest BCUT2D eigenvalue weighted by Crippen LogP contribution is -2.62. The Hall–Kier alpha value is 0.477. The normalized spacial score (nSPS) is 29.6. The SMILES string of the molecule is CC(C)(C)P(CC1C=C([Si](C)(C)C)C=C1C(P)(C1CCCCN1)C1CCCCN1)C(C)(C)C. The summed E-state index contributed by atoms with van der Waals surface area (Å²) in [6, 6.07) is 1.12. The lowest BCUT2D eigenvalue weighted by atomic mass is 9.74. The van der Waals surface area contributed by atoms with Crippen LogP contribution in [0, 0.1) is 5.92 Å². The molecule has 3 rings (SSSR count). The first kappa shape index (κ1) is 28.1. The second-order valence-corrected chi connectivity index (χ2v) is 23.9. The Bertz CT molecular complexity index is 694. The molecular formula is C28H54N2P2Si. The molecule has 0 aromatic carbocycles. The summed E-state index contributed by atoms with van der Waals surface area (Å²) in [6.07, 6.45) is 14.8. The van der Waals surface area contributed by atoms with E-state index < -0.39 is 8.07 Å². The van der Waals surface area contributed by atoms with Crippen LogP contribution < -0.4 is 10.6 Å². The quantitative estimate of drug-likeness (QED) is 0.290. The minimum atomic E-state index is -1.39. The van der Waals surface area contributed by atoms with Crippen LogP contribution in [0.25, 0.3) is 0 Å². The fourth-order valence-electron chi connectivity index (χ4n) is 6.61. The Morgan fingerprint density at radius 1 is 0.879 bits per heavy atom. The Morgan fingerprint density at radius 3 is 1.73 bits per heavy atom. The number of piperidine rings is 2. The van der Waals surface area contributed by atoms with Crippen LogP contribution in [0.2, 0.25) is 19.6 Å². The van der Waals surface area contributed by atoms with E-state index in [9.17, 15) is 0 Å². The first-order valence-corrected chi connectivity index (χ1v) is 19.2. The highest BCUT2D eigenvalue weighted by Crippen LogP contribution is 2.62. The summed E-state index contributed by atoms with van der Waals surface area (Å²) in [5.41, 5.74) is 1.74. The maximum absolute atomic E-state index is 4.01. The molecule has 5 heteroatoms. The van der Waals surface area contributed by atoms with Gasteiger partial charge in [-0.25, -0.2) is 0 Å². The van der Waals surface area contributed by atoms with Gasteiger partial charge in [0.1, 0.15) is 0 Å². The third kappa shape index (κ3) is 6.43. The molecular weight excluding hydrogens is 454 g/mol. The third-order valence-corrected chi connectivity index (χ3v) is 15.4. The van der Waals surface area contributed by atoms with Crippen molar-refractivity contribution >= 4 is 25.2 Å². The van der Waals surface area contributed by atoms with Gasteiger partial charge >= 0.3 is 0 Å². The van der Waals surface area contributed by atoms with Gasteiger partial charge in [-0.1, -0.05) is 105 Å². The molecule has 3 aliphatic rings. The second kappa shape index (κ2) is 10.5. The van der Waals surface area contributed by atoms with Crippen molar-refractivity contribution in [1.29, 1.82) is 0 Å². The van der Waals surface area contributed by atoms with Gasteiger partial charge in [0.25, 0.3) is 0 Å². The Morgan fingerprint density at radius 2 is 1.36 bits per heavy atom. The van der Waals surface area contributed by atoms with E-state index >= 15 is 0 Å². The zero-order valence-corrected chi connectivity index (χ0v) is 26.3. The van der Waals surface area contributed by atoms with Gasteiger partial charge < -0.3 is 10.6 Å². The molecule has 2 fully saturated rings. The number of hydrogen-bond donors (Lipinski definition) is 2. The molecule has 33 heavy (non-hydrogen) atoms. The zero-order valence-electron chi connectivity index (χ0n) is 23.3. The van der Waals surface area contributed by atoms with E-state index in [-0.39, 0.29) is 13.1 Å². The highest BCUT2D eigenvalue weighted by Gasteiger charge is 2.49. The summed E-state index contributed by atoms with van der Waals surface area (Å²) < 4.78 is 0. The Kier molecular flexibility index (Phi) is 8.89. The molecule has 190 valence electrons. The van der Waals surface area contributed by atoms with Crippen LogP contribution >= 0.6 is 17.2 Å². The predicted octanol–water partition coefficient (Wildman–Crippen LogP) is 7.32. The molecule has 2 N–H and O–H groups in total. The Balaban J connectivity index is 2.07. The van der Waals surface area contributed by atoms with E-state index in [4.69, 9.17) is 0 Å². The Labute approximate surface area is 211 Å². The van der Waals surface area contributed by atoms with Gasteiger partial charge in [-0.3, -0.25) is 0 Å². The summed E-state index contributed by atoms with van der Waals surface area (Å²) in [6.45, 7) is 24.9. The summed E-state index contributed by atoms with van der Waals surface area (Å²) >= 11 is 0. The van der Waals surface area contributed by atoms with E-state index in [0.717, 1.165) is 0 Å². The molecule has 0 amide bonds. The molecule has 4 atom stereocenters. The molecule has 0 bridgehead atoms. The lowest BCUT2D eigenvalue weighted by molar-refractivity contribution is 0.255. The van der Waals surface area contributed by atoms with Crippen molar-refractivity contribution in [2.75, 3.05) is 19.3 Å². The van der Waals surface area contributed by atoms with Crippen molar-refractivity contribution in [2.24, 2.45) is 5.92 Å². The van der Waals surface area contributed by atoms with Gasteiger partial charge in [0.2, 0.25) is 0 Å². The largest absolute Gasteiger partial charge is 0.313 e. The first-order chi connectivity index (χ1) is 15.1. The molecule has 2 saturated heterocycles. The van der Waals surface area contributed by atoms with Crippen molar-refractivity contribution in [2.45, 2.75) is 127 Å². The highest BCUT2D eigenvalue weighted by molar-refractivity contribution is 7.60. The minimum absolute atomic E-state index is 0.111. The van der Waals surface area contributed by atoms with Gasteiger partial charge in [0.15, 0.2) is 0 Å². The molecule has 2 nitrogen and oxygen atoms in total. The van der Waals surface area contributed by atoms with Gasteiger partial charge in [0.05, 0.1) is 8.07 Å². The average Bonchev–Trinajstić information content (AvgIpc) is 3.16. The van der Waals surface area contributed by atoms with E-state index in [1.807, 2.05) is 0 Å². The molecule has 0 aromatic heterocycles. The van der Waals surface area contributed by atoms with Crippen LogP contribution in [0.15, 0.2) is 22.9 Å². The molecule has 1 aliphatic carbocycles. The van der Waals surface area contributed by atoms with Crippen LogP contribution in [-0.2, 0) is 0 Å². The molecule has 2 aliphatic heterocycles. The van der Waals surface area contributed by atoms with E-state index in [1.54, 1.807) is 10.8 Å².